The fourth-order valence-electron chi connectivity index (χ4n) is 1.38. The minimum absolute atomic E-state index is 0.232. The van der Waals surface area contributed by atoms with Gasteiger partial charge in [-0.1, -0.05) is 6.07 Å². The lowest BCUT2D eigenvalue weighted by Crippen LogP contribution is -2.48. The lowest BCUT2D eigenvalue weighted by atomic mass is 10.2. The van der Waals surface area contributed by atoms with Crippen LogP contribution in [-0.4, -0.2) is 30.6 Å². The summed E-state index contributed by atoms with van der Waals surface area (Å²) in [6, 6.07) is 6.65. The quantitative estimate of drug-likeness (QED) is 0.525. The first kappa shape index (κ1) is 13.3. The molecule has 0 saturated carbocycles. The second kappa shape index (κ2) is 6.07. The molecule has 0 spiro atoms. The molecule has 6 nitrogen and oxygen atoms in total. The first-order chi connectivity index (χ1) is 8.10. The fraction of sp³-hybridized carbons (Fsp3) is 0.364. The number of aliphatic hydroxyl groups is 1. The number of hydrogen-bond acceptors (Lipinski definition) is 5. The highest BCUT2D eigenvalue weighted by Crippen LogP contribution is 2.19. The normalized spacial score (nSPS) is 11.9. The van der Waals surface area contributed by atoms with E-state index in [1.165, 1.54) is 4.90 Å². The van der Waals surface area contributed by atoms with Crippen LogP contribution in [0.3, 0.4) is 0 Å². The molecule has 94 valence electrons. The van der Waals surface area contributed by atoms with Crippen molar-refractivity contribution in [2.45, 2.75) is 13.1 Å². The zero-order chi connectivity index (χ0) is 12.8. The summed E-state index contributed by atoms with van der Waals surface area (Å²) in [5, 5.41) is 9.05. The second-order valence-electron chi connectivity index (χ2n) is 3.41. The van der Waals surface area contributed by atoms with Crippen molar-refractivity contribution in [1.82, 2.24) is 0 Å². The molecular weight excluding hydrogens is 222 g/mol. The van der Waals surface area contributed by atoms with E-state index in [9.17, 15) is 4.79 Å². The van der Waals surface area contributed by atoms with Crippen molar-refractivity contribution in [2.75, 3.05) is 23.8 Å². The number of rotatable bonds is 4. The number of amides is 1. The van der Waals surface area contributed by atoms with E-state index in [2.05, 4.69) is 0 Å². The zero-order valence-electron chi connectivity index (χ0n) is 9.67. The highest BCUT2D eigenvalue weighted by molar-refractivity contribution is 5.88. The van der Waals surface area contributed by atoms with E-state index < -0.39 is 12.3 Å². The van der Waals surface area contributed by atoms with Crippen LogP contribution in [0.25, 0.3) is 0 Å². The maximum Gasteiger partial charge on any atom is 0.415 e. The number of benzene rings is 1. The largest absolute Gasteiger partial charge is 0.449 e. The van der Waals surface area contributed by atoms with E-state index in [0.29, 0.717) is 11.4 Å². The van der Waals surface area contributed by atoms with Crippen molar-refractivity contribution in [3.63, 3.8) is 0 Å². The number of nitrogens with two attached hydrogens (primary N) is 2. The van der Waals surface area contributed by atoms with Crippen LogP contribution in [0, 0.1) is 0 Å². The molecule has 1 atom stereocenters. The van der Waals surface area contributed by atoms with Gasteiger partial charge >= 0.3 is 6.09 Å². The van der Waals surface area contributed by atoms with Gasteiger partial charge in [0.1, 0.15) is 6.17 Å². The van der Waals surface area contributed by atoms with Gasteiger partial charge in [-0.25, -0.2) is 4.79 Å². The molecule has 0 aliphatic rings. The topological polar surface area (TPSA) is 102 Å². The maximum absolute atomic E-state index is 11.7. The van der Waals surface area contributed by atoms with Gasteiger partial charge < -0.3 is 21.3 Å². The van der Waals surface area contributed by atoms with E-state index in [4.69, 9.17) is 21.3 Å². The van der Waals surface area contributed by atoms with Crippen LogP contribution < -0.4 is 16.4 Å². The van der Waals surface area contributed by atoms with Gasteiger partial charge in [-0.05, 0) is 25.1 Å². The minimum Gasteiger partial charge on any atom is -0.449 e. The van der Waals surface area contributed by atoms with E-state index >= 15 is 0 Å². The summed E-state index contributed by atoms with van der Waals surface area (Å²) in [6.45, 7) is 1.56. The molecule has 0 aromatic heterocycles. The SMILES string of the molecule is CCOC(=O)N(c1cccc(N)c1)C(N)CO. The molecule has 0 saturated heterocycles. The Morgan fingerprint density at radius 3 is 2.82 bits per heavy atom. The highest BCUT2D eigenvalue weighted by atomic mass is 16.6. The first-order valence-electron chi connectivity index (χ1n) is 5.28. The monoisotopic (exact) mass is 239 g/mol. The Morgan fingerprint density at radius 2 is 2.29 bits per heavy atom. The number of anilines is 2. The Labute approximate surface area is 99.8 Å². The molecule has 1 amide bonds. The molecule has 1 aromatic carbocycles. The summed E-state index contributed by atoms with van der Waals surface area (Å²) in [5.41, 5.74) is 12.3. The van der Waals surface area contributed by atoms with Crippen LogP contribution in [-0.2, 0) is 4.74 Å². The maximum atomic E-state index is 11.7. The average Bonchev–Trinajstić information content (AvgIpc) is 2.29. The van der Waals surface area contributed by atoms with Crippen LogP contribution in [0.2, 0.25) is 0 Å². The van der Waals surface area contributed by atoms with Gasteiger partial charge in [0, 0.05) is 5.69 Å². The Bertz CT molecular complexity index is 384. The van der Waals surface area contributed by atoms with Gasteiger partial charge in [-0.2, -0.15) is 0 Å². The molecule has 1 rings (SSSR count). The number of carbonyl (C=O) groups excluding carboxylic acids is 1. The van der Waals surface area contributed by atoms with Gasteiger partial charge in [-0.3, -0.25) is 4.90 Å². The molecule has 0 radical (unpaired) electrons. The van der Waals surface area contributed by atoms with Crippen molar-refractivity contribution < 1.29 is 14.6 Å². The molecule has 1 aromatic rings. The summed E-state index contributed by atoms with van der Waals surface area (Å²) in [5.74, 6) is 0. The molecule has 0 heterocycles. The van der Waals surface area contributed by atoms with Gasteiger partial charge in [0.2, 0.25) is 0 Å². The lowest BCUT2D eigenvalue weighted by Gasteiger charge is -2.26. The van der Waals surface area contributed by atoms with E-state index in [1.807, 2.05) is 0 Å². The molecule has 6 heteroatoms. The van der Waals surface area contributed by atoms with Crippen molar-refractivity contribution in [3.05, 3.63) is 24.3 Å². The molecule has 0 aliphatic carbocycles. The minimum atomic E-state index is -0.865. The third-order valence-corrected chi connectivity index (χ3v) is 2.13. The van der Waals surface area contributed by atoms with E-state index in [0.717, 1.165) is 0 Å². The van der Waals surface area contributed by atoms with E-state index in [-0.39, 0.29) is 13.2 Å². The summed E-state index contributed by atoms with van der Waals surface area (Å²) in [4.78, 5) is 12.9. The number of ether oxygens (including phenoxy) is 1. The number of carbonyl (C=O) groups is 1. The molecule has 0 fully saturated rings. The summed E-state index contributed by atoms with van der Waals surface area (Å²) < 4.78 is 4.88. The summed E-state index contributed by atoms with van der Waals surface area (Å²) >= 11 is 0. The summed E-state index contributed by atoms with van der Waals surface area (Å²) in [7, 11) is 0. The molecular formula is C11H17N3O3. The van der Waals surface area contributed by atoms with Gasteiger partial charge in [-0.15, -0.1) is 0 Å². The Kier molecular flexibility index (Phi) is 4.74. The van der Waals surface area contributed by atoms with Gasteiger partial charge in [0.25, 0.3) is 0 Å². The van der Waals surface area contributed by atoms with E-state index in [1.54, 1.807) is 31.2 Å². The zero-order valence-corrected chi connectivity index (χ0v) is 9.67. The standard InChI is InChI=1S/C11H17N3O3/c1-2-17-11(16)14(10(13)7-15)9-5-3-4-8(12)6-9/h3-6,10,15H,2,7,12-13H2,1H3. The fourth-order valence-corrected chi connectivity index (χ4v) is 1.38. The molecule has 0 aliphatic heterocycles. The predicted octanol–water partition coefficient (Wildman–Crippen LogP) is 0.509. The Hall–Kier alpha value is -1.79. The third-order valence-electron chi connectivity index (χ3n) is 2.13. The van der Waals surface area contributed by atoms with Crippen molar-refractivity contribution in [1.29, 1.82) is 0 Å². The lowest BCUT2D eigenvalue weighted by molar-refractivity contribution is 0.152. The van der Waals surface area contributed by atoms with Gasteiger partial charge in [0.05, 0.1) is 18.9 Å². The highest BCUT2D eigenvalue weighted by Gasteiger charge is 2.23. The summed E-state index contributed by atoms with van der Waals surface area (Å²) in [6.07, 6.45) is -1.48. The van der Waals surface area contributed by atoms with Crippen LogP contribution in [0.4, 0.5) is 16.2 Å². The second-order valence-corrected chi connectivity index (χ2v) is 3.41. The van der Waals surface area contributed by atoms with Crippen LogP contribution >= 0.6 is 0 Å². The van der Waals surface area contributed by atoms with Crippen LogP contribution in [0.1, 0.15) is 6.92 Å². The first-order valence-corrected chi connectivity index (χ1v) is 5.28. The molecule has 5 N–H and O–H groups in total. The number of nitrogens with zero attached hydrogens (tertiary/aromatic N) is 1. The van der Waals surface area contributed by atoms with Crippen molar-refractivity contribution in [2.24, 2.45) is 5.73 Å². The molecule has 1 unspecified atom stereocenters. The Balaban J connectivity index is 3.01. The Morgan fingerprint density at radius 1 is 1.59 bits per heavy atom. The van der Waals surface area contributed by atoms with Crippen molar-refractivity contribution >= 4 is 17.5 Å². The van der Waals surface area contributed by atoms with Crippen LogP contribution in [0.5, 0.6) is 0 Å². The van der Waals surface area contributed by atoms with Crippen molar-refractivity contribution in [3.8, 4) is 0 Å². The smallest absolute Gasteiger partial charge is 0.415 e. The number of aliphatic hydroxyl groups excluding tert-OH is 1. The predicted molar refractivity (Wildman–Crippen MR) is 65.4 cm³/mol. The number of nitrogen functional groups attached to an aromatic ring is 1. The van der Waals surface area contributed by atoms with Crippen LogP contribution in [0.15, 0.2) is 24.3 Å². The third kappa shape index (κ3) is 3.33. The number of hydrogen-bond donors (Lipinski definition) is 3. The molecule has 17 heavy (non-hydrogen) atoms. The molecule has 0 bridgehead atoms. The average molecular weight is 239 g/mol. The van der Waals surface area contributed by atoms with Gasteiger partial charge in [0.15, 0.2) is 0 Å².